The van der Waals surface area contributed by atoms with E-state index >= 15 is 0 Å². The number of halogens is 1. The molecule has 1 heterocycles. The van der Waals surface area contributed by atoms with E-state index in [0.29, 0.717) is 32.6 Å². The summed E-state index contributed by atoms with van der Waals surface area (Å²) in [5, 5.41) is 4.21. The molecule has 3 aromatic rings. The zero-order chi connectivity index (χ0) is 29.7. The molecule has 7 heteroatoms. The Labute approximate surface area is 252 Å². The molecule has 2 amide bonds. The highest BCUT2D eigenvalue weighted by molar-refractivity contribution is 7.95. The molecule has 0 bridgehead atoms. The van der Waals surface area contributed by atoms with E-state index in [-0.39, 0.29) is 12.0 Å². The van der Waals surface area contributed by atoms with Crippen molar-refractivity contribution in [1.82, 2.24) is 9.80 Å². The predicted molar refractivity (Wildman–Crippen MR) is 175 cm³/mol. The Morgan fingerprint density at radius 2 is 1.10 bits per heavy atom. The molecule has 5 nitrogen and oxygen atoms in total. The molecule has 0 spiro atoms. The summed E-state index contributed by atoms with van der Waals surface area (Å²) in [4.78, 5) is 28.9. The maximum Gasteiger partial charge on any atom is 0.410 e. The van der Waals surface area contributed by atoms with Crippen LogP contribution in [-0.2, 0) is 9.53 Å². The lowest BCUT2D eigenvalue weighted by atomic mass is 10.2. The molecule has 0 radical (unpaired) electrons. The minimum atomic E-state index is -1.82. The molecule has 3 aromatic carbocycles. The lowest BCUT2D eigenvalue weighted by Gasteiger charge is -2.35. The first kappa shape index (κ1) is 32.6. The van der Waals surface area contributed by atoms with Crippen molar-refractivity contribution in [1.29, 1.82) is 0 Å². The smallest absolute Gasteiger partial charge is 0.410 e. The van der Waals surface area contributed by atoms with Gasteiger partial charge in [0, 0.05) is 39.0 Å². The Morgan fingerprint density at radius 3 is 1.51 bits per heavy atom. The van der Waals surface area contributed by atoms with E-state index in [1.807, 2.05) is 25.7 Å². The average Bonchev–Trinajstić information content (AvgIpc) is 3.00. The van der Waals surface area contributed by atoms with Gasteiger partial charge in [-0.15, -0.1) is 11.6 Å². The van der Waals surface area contributed by atoms with Gasteiger partial charge in [-0.25, -0.2) is 4.79 Å². The van der Waals surface area contributed by atoms with Gasteiger partial charge < -0.3 is 14.5 Å². The number of hydrogen-bond acceptors (Lipinski definition) is 3. The topological polar surface area (TPSA) is 49.9 Å². The molecule has 0 unspecified atom stereocenters. The lowest BCUT2D eigenvalue weighted by Crippen LogP contribution is -2.51. The van der Waals surface area contributed by atoms with E-state index in [4.69, 9.17) is 4.74 Å². The van der Waals surface area contributed by atoms with Gasteiger partial charge >= 0.3 is 6.09 Å². The second-order valence-corrected chi connectivity index (χ2v) is 14.8. The van der Waals surface area contributed by atoms with E-state index in [0.717, 1.165) is 25.4 Å². The van der Waals surface area contributed by atoms with Crippen molar-refractivity contribution in [3.05, 3.63) is 91.0 Å². The maximum atomic E-state index is 12.9. The highest BCUT2D eigenvalue weighted by Gasteiger charge is 2.44. The molecule has 0 N–H and O–H groups in total. The SMILES string of the molecule is CC(C)(C)OC(=O)N1CCN(C(=O)CCCCC[P+](c2ccccc2)(c2ccccc2)c2ccccc2)CC1.CCl. The van der Waals surface area contributed by atoms with Crippen LogP contribution in [0.1, 0.15) is 46.5 Å². The number of rotatable bonds is 9. The van der Waals surface area contributed by atoms with Gasteiger partial charge in [-0.3, -0.25) is 4.79 Å². The van der Waals surface area contributed by atoms with Crippen molar-refractivity contribution in [2.75, 3.05) is 38.7 Å². The second kappa shape index (κ2) is 15.9. The quantitative estimate of drug-likeness (QED) is 0.162. The Kier molecular flexibility index (Phi) is 12.7. The number of benzene rings is 3. The van der Waals surface area contributed by atoms with Crippen LogP contribution < -0.4 is 15.9 Å². The summed E-state index contributed by atoms with van der Waals surface area (Å²) in [7, 11) is -1.82. The molecule has 0 saturated carbocycles. The monoisotopic (exact) mass is 595 g/mol. The first-order valence-corrected chi connectivity index (χ1v) is 17.2. The standard InChI is InChI=1S/C33H42N2O3P.CH3Cl/c1-33(2,3)38-32(37)35-25-23-34(24-26-35)31(36)22-14-7-15-27-39(28-16-8-4-9-17-28,29-18-10-5-11-19-29)30-20-12-6-13-21-30;1-2/h4-6,8-13,16-21H,7,14-15,22-27H2,1-3H3;1H3/q+1;. The first-order chi connectivity index (χ1) is 19.8. The number of ether oxygens (including phenoxy) is 1. The van der Waals surface area contributed by atoms with E-state index in [2.05, 4.69) is 103 Å². The molecule has 41 heavy (non-hydrogen) atoms. The summed E-state index contributed by atoms with van der Waals surface area (Å²) in [5.74, 6) is 0.189. The molecule has 1 aliphatic rings. The number of alkyl halides is 1. The Balaban J connectivity index is 0.00000226. The van der Waals surface area contributed by atoms with Crippen LogP contribution in [0.15, 0.2) is 91.0 Å². The van der Waals surface area contributed by atoms with E-state index in [1.165, 1.54) is 22.3 Å². The number of carbonyl (C=O) groups is 2. The minimum absolute atomic E-state index is 0.189. The van der Waals surface area contributed by atoms with Crippen LogP contribution in [0.4, 0.5) is 4.79 Å². The Hall–Kier alpha value is -2.88. The van der Waals surface area contributed by atoms with E-state index < -0.39 is 12.9 Å². The molecular weight excluding hydrogens is 551 g/mol. The van der Waals surface area contributed by atoms with Gasteiger partial charge in [0.05, 0.1) is 6.16 Å². The van der Waals surface area contributed by atoms with Crippen LogP contribution in [0.3, 0.4) is 0 Å². The molecule has 1 saturated heterocycles. The highest BCUT2D eigenvalue weighted by atomic mass is 35.5. The van der Waals surface area contributed by atoms with Gasteiger partial charge in [0.25, 0.3) is 0 Å². The fraction of sp³-hybridized carbons (Fsp3) is 0.412. The molecule has 1 aliphatic heterocycles. The van der Waals surface area contributed by atoms with Crippen molar-refractivity contribution in [3.63, 3.8) is 0 Å². The molecule has 0 atom stereocenters. The number of unbranched alkanes of at least 4 members (excludes halogenated alkanes) is 2. The van der Waals surface area contributed by atoms with Crippen molar-refractivity contribution in [2.45, 2.75) is 52.1 Å². The van der Waals surface area contributed by atoms with Gasteiger partial charge in [0.1, 0.15) is 28.8 Å². The van der Waals surface area contributed by atoms with Gasteiger partial charge in [-0.05, 0) is 76.4 Å². The average molecular weight is 596 g/mol. The maximum absolute atomic E-state index is 12.9. The van der Waals surface area contributed by atoms with Crippen LogP contribution in [0, 0.1) is 0 Å². The van der Waals surface area contributed by atoms with Gasteiger partial charge in [-0.2, -0.15) is 0 Å². The molecule has 0 aromatic heterocycles. The van der Waals surface area contributed by atoms with Crippen LogP contribution in [0.25, 0.3) is 0 Å². The first-order valence-electron chi connectivity index (χ1n) is 14.5. The summed E-state index contributed by atoms with van der Waals surface area (Å²) >= 11 is 4.64. The van der Waals surface area contributed by atoms with Crippen molar-refractivity contribution in [3.8, 4) is 0 Å². The predicted octanol–water partition coefficient (Wildman–Crippen LogP) is 6.48. The van der Waals surface area contributed by atoms with Crippen LogP contribution in [-0.4, -0.2) is 66.1 Å². The Morgan fingerprint density at radius 1 is 0.683 bits per heavy atom. The third kappa shape index (κ3) is 9.05. The summed E-state index contributed by atoms with van der Waals surface area (Å²) < 4.78 is 5.47. The second-order valence-electron chi connectivity index (χ2n) is 11.2. The van der Waals surface area contributed by atoms with Gasteiger partial charge in [-0.1, -0.05) is 54.6 Å². The summed E-state index contributed by atoms with van der Waals surface area (Å²) in [6, 6.07) is 32.9. The normalized spacial score (nSPS) is 13.7. The number of carbonyl (C=O) groups excluding carboxylic acids is 2. The highest BCUT2D eigenvalue weighted by Crippen LogP contribution is 2.56. The van der Waals surface area contributed by atoms with Crippen LogP contribution in [0.2, 0.25) is 0 Å². The van der Waals surface area contributed by atoms with Crippen LogP contribution >= 0.6 is 18.9 Å². The largest absolute Gasteiger partial charge is 0.444 e. The van der Waals surface area contributed by atoms with Crippen molar-refractivity contribution >= 4 is 46.8 Å². The van der Waals surface area contributed by atoms with Crippen molar-refractivity contribution in [2.24, 2.45) is 0 Å². The third-order valence-corrected chi connectivity index (χ3v) is 11.8. The molecule has 1 fully saturated rings. The zero-order valence-corrected chi connectivity index (χ0v) is 26.6. The molecule has 4 rings (SSSR count). The fourth-order valence-electron chi connectivity index (χ4n) is 5.31. The molecule has 220 valence electrons. The number of hydrogen-bond donors (Lipinski definition) is 0. The molecular formula is C34H45ClN2O3P+. The van der Waals surface area contributed by atoms with Crippen LogP contribution in [0.5, 0.6) is 0 Å². The summed E-state index contributed by atoms with van der Waals surface area (Å²) in [5.41, 5.74) is -0.508. The summed E-state index contributed by atoms with van der Waals surface area (Å²) in [6.07, 6.45) is 5.76. The fourth-order valence-corrected chi connectivity index (χ4v) is 9.72. The number of nitrogens with zero attached hydrogens (tertiary/aromatic N) is 2. The Bertz CT molecular complexity index is 1100. The number of amides is 2. The van der Waals surface area contributed by atoms with Crippen molar-refractivity contribution < 1.29 is 14.3 Å². The van der Waals surface area contributed by atoms with E-state index in [9.17, 15) is 9.59 Å². The number of piperazine rings is 1. The van der Waals surface area contributed by atoms with Gasteiger partial charge in [0.2, 0.25) is 5.91 Å². The molecule has 0 aliphatic carbocycles. The minimum Gasteiger partial charge on any atom is -0.444 e. The zero-order valence-electron chi connectivity index (χ0n) is 25.0. The third-order valence-electron chi connectivity index (χ3n) is 7.26. The summed E-state index contributed by atoms with van der Waals surface area (Å²) in [6.45, 7) is 7.81. The lowest BCUT2D eigenvalue weighted by molar-refractivity contribution is -0.133. The van der Waals surface area contributed by atoms with E-state index in [1.54, 1.807) is 4.90 Å². The van der Waals surface area contributed by atoms with Gasteiger partial charge in [0.15, 0.2) is 0 Å².